The van der Waals surface area contributed by atoms with Crippen LogP contribution in [-0.4, -0.2) is 12.9 Å². The predicted molar refractivity (Wildman–Crippen MR) is 72.0 cm³/mol. The van der Waals surface area contributed by atoms with E-state index in [1.165, 1.54) is 6.07 Å². The zero-order chi connectivity index (χ0) is 13.5. The van der Waals surface area contributed by atoms with Gasteiger partial charge in [0.2, 0.25) is 0 Å². The third-order valence-corrected chi connectivity index (χ3v) is 2.81. The highest BCUT2D eigenvalue weighted by molar-refractivity contribution is 5.75. The van der Waals surface area contributed by atoms with E-state index in [1.807, 2.05) is 6.07 Å². The van der Waals surface area contributed by atoms with Gasteiger partial charge in [-0.3, -0.25) is 4.79 Å². The first kappa shape index (κ1) is 13.3. The van der Waals surface area contributed by atoms with Crippen LogP contribution in [0.3, 0.4) is 0 Å². The number of carbonyl (C=O) groups excluding carboxylic acids is 1. The largest absolute Gasteiger partial charge is 0.494 e. The molecule has 3 heteroatoms. The van der Waals surface area contributed by atoms with E-state index in [1.54, 1.807) is 36.4 Å². The van der Waals surface area contributed by atoms with Crippen LogP contribution in [0.4, 0.5) is 4.39 Å². The molecule has 98 valence electrons. The molecule has 0 radical (unpaired) electrons. The smallest absolute Gasteiger partial charge is 0.150 e. The molecule has 0 amide bonds. The number of hydrogen-bond acceptors (Lipinski definition) is 2. The van der Waals surface area contributed by atoms with E-state index in [9.17, 15) is 9.18 Å². The monoisotopic (exact) mass is 258 g/mol. The van der Waals surface area contributed by atoms with Crippen molar-refractivity contribution in [3.05, 3.63) is 65.5 Å². The maximum absolute atomic E-state index is 13.4. The van der Waals surface area contributed by atoms with Crippen molar-refractivity contribution in [2.24, 2.45) is 0 Å². The van der Waals surface area contributed by atoms with Crippen LogP contribution in [0.2, 0.25) is 0 Å². The zero-order valence-electron chi connectivity index (χ0n) is 10.5. The highest BCUT2D eigenvalue weighted by atomic mass is 19.1. The second kappa shape index (κ2) is 6.69. The van der Waals surface area contributed by atoms with Crippen molar-refractivity contribution in [2.75, 3.05) is 6.61 Å². The van der Waals surface area contributed by atoms with Gasteiger partial charge in [0.25, 0.3) is 0 Å². The molecule has 0 fully saturated rings. The lowest BCUT2D eigenvalue weighted by Gasteiger charge is -2.07. The van der Waals surface area contributed by atoms with Gasteiger partial charge in [-0.1, -0.05) is 30.3 Å². The molecule has 19 heavy (non-hydrogen) atoms. The Morgan fingerprint density at radius 3 is 2.74 bits per heavy atom. The van der Waals surface area contributed by atoms with Gasteiger partial charge >= 0.3 is 0 Å². The Balaban J connectivity index is 1.81. The molecule has 0 saturated carbocycles. The average Bonchev–Trinajstić information content (AvgIpc) is 2.45. The number of aryl methyl sites for hydroxylation is 1. The Morgan fingerprint density at radius 2 is 1.95 bits per heavy atom. The Morgan fingerprint density at radius 1 is 1.11 bits per heavy atom. The molecule has 2 aromatic carbocycles. The van der Waals surface area contributed by atoms with Crippen LogP contribution in [0, 0.1) is 5.82 Å². The Labute approximate surface area is 111 Å². The van der Waals surface area contributed by atoms with Crippen LogP contribution >= 0.6 is 0 Å². The maximum Gasteiger partial charge on any atom is 0.150 e. The van der Waals surface area contributed by atoms with E-state index in [2.05, 4.69) is 0 Å². The minimum Gasteiger partial charge on any atom is -0.494 e. The van der Waals surface area contributed by atoms with Crippen molar-refractivity contribution in [1.82, 2.24) is 0 Å². The zero-order valence-corrected chi connectivity index (χ0v) is 10.5. The summed E-state index contributed by atoms with van der Waals surface area (Å²) in [6, 6.07) is 13.7. The molecule has 2 rings (SSSR count). The van der Waals surface area contributed by atoms with Crippen LogP contribution in [0.25, 0.3) is 0 Å². The SMILES string of the molecule is O=Cc1cccc(OCCCc2ccccc2F)c1. The van der Waals surface area contributed by atoms with Crippen molar-refractivity contribution in [2.45, 2.75) is 12.8 Å². The molecule has 0 unspecified atom stereocenters. The lowest BCUT2D eigenvalue weighted by atomic mass is 10.1. The summed E-state index contributed by atoms with van der Waals surface area (Å²) in [5.41, 5.74) is 1.29. The summed E-state index contributed by atoms with van der Waals surface area (Å²) in [5, 5.41) is 0. The second-order valence-corrected chi connectivity index (χ2v) is 4.23. The number of carbonyl (C=O) groups is 1. The first-order valence-corrected chi connectivity index (χ1v) is 6.21. The first-order valence-electron chi connectivity index (χ1n) is 6.21. The molecule has 0 saturated heterocycles. The van der Waals surface area contributed by atoms with Gasteiger partial charge in [0, 0.05) is 5.56 Å². The molecule has 0 aliphatic rings. The number of aldehydes is 1. The Hall–Kier alpha value is -2.16. The van der Waals surface area contributed by atoms with E-state index in [-0.39, 0.29) is 5.82 Å². The van der Waals surface area contributed by atoms with E-state index >= 15 is 0 Å². The van der Waals surface area contributed by atoms with Gasteiger partial charge in [-0.25, -0.2) is 4.39 Å². The van der Waals surface area contributed by atoms with E-state index < -0.39 is 0 Å². The quantitative estimate of drug-likeness (QED) is 0.584. The van der Waals surface area contributed by atoms with Crippen LogP contribution in [0.15, 0.2) is 48.5 Å². The number of hydrogen-bond donors (Lipinski definition) is 0. The number of benzene rings is 2. The van der Waals surface area contributed by atoms with Crippen molar-refractivity contribution >= 4 is 6.29 Å². The molecular weight excluding hydrogens is 243 g/mol. The number of halogens is 1. The van der Waals surface area contributed by atoms with Gasteiger partial charge in [-0.2, -0.15) is 0 Å². The van der Waals surface area contributed by atoms with Crippen molar-refractivity contribution < 1.29 is 13.9 Å². The summed E-state index contributed by atoms with van der Waals surface area (Å²) >= 11 is 0. The third kappa shape index (κ3) is 3.91. The van der Waals surface area contributed by atoms with Crippen molar-refractivity contribution in [1.29, 1.82) is 0 Å². The lowest BCUT2D eigenvalue weighted by molar-refractivity contribution is 0.112. The summed E-state index contributed by atoms with van der Waals surface area (Å²) in [7, 11) is 0. The Kier molecular flexibility index (Phi) is 4.67. The molecule has 0 spiro atoms. The van der Waals surface area contributed by atoms with Crippen LogP contribution in [0.1, 0.15) is 22.3 Å². The minimum atomic E-state index is -0.176. The number of rotatable bonds is 6. The van der Waals surface area contributed by atoms with E-state index in [0.717, 1.165) is 12.7 Å². The normalized spacial score (nSPS) is 10.2. The molecule has 0 atom stereocenters. The third-order valence-electron chi connectivity index (χ3n) is 2.81. The number of ether oxygens (including phenoxy) is 1. The van der Waals surface area contributed by atoms with Crippen LogP contribution in [-0.2, 0) is 6.42 Å². The van der Waals surface area contributed by atoms with E-state index in [0.29, 0.717) is 29.9 Å². The van der Waals surface area contributed by atoms with Crippen molar-refractivity contribution in [3.8, 4) is 5.75 Å². The van der Waals surface area contributed by atoms with Crippen molar-refractivity contribution in [3.63, 3.8) is 0 Å². The Bertz CT molecular complexity index is 552. The lowest BCUT2D eigenvalue weighted by Crippen LogP contribution is -2.00. The minimum absolute atomic E-state index is 0.176. The molecular formula is C16H15FO2. The molecule has 0 heterocycles. The van der Waals surface area contributed by atoms with Crippen LogP contribution in [0.5, 0.6) is 5.75 Å². The molecule has 2 aromatic rings. The molecule has 0 N–H and O–H groups in total. The summed E-state index contributed by atoms with van der Waals surface area (Å²) in [4.78, 5) is 10.6. The summed E-state index contributed by atoms with van der Waals surface area (Å²) < 4.78 is 18.9. The summed E-state index contributed by atoms with van der Waals surface area (Å²) in [6.07, 6.45) is 2.15. The molecule has 0 bridgehead atoms. The topological polar surface area (TPSA) is 26.3 Å². The predicted octanol–water partition coefficient (Wildman–Crippen LogP) is 3.65. The van der Waals surface area contributed by atoms with Gasteiger partial charge in [0.1, 0.15) is 17.9 Å². The fourth-order valence-electron chi connectivity index (χ4n) is 1.83. The fourth-order valence-corrected chi connectivity index (χ4v) is 1.83. The highest BCUT2D eigenvalue weighted by Gasteiger charge is 2.01. The summed E-state index contributed by atoms with van der Waals surface area (Å²) in [5.74, 6) is 0.489. The second-order valence-electron chi connectivity index (χ2n) is 4.23. The van der Waals surface area contributed by atoms with Gasteiger partial charge in [0.15, 0.2) is 0 Å². The van der Waals surface area contributed by atoms with E-state index in [4.69, 9.17) is 4.74 Å². The average molecular weight is 258 g/mol. The van der Waals surface area contributed by atoms with Crippen LogP contribution < -0.4 is 4.74 Å². The fraction of sp³-hybridized carbons (Fsp3) is 0.188. The van der Waals surface area contributed by atoms with Gasteiger partial charge in [-0.15, -0.1) is 0 Å². The van der Waals surface area contributed by atoms with Gasteiger partial charge in [-0.05, 0) is 36.6 Å². The molecule has 0 aliphatic carbocycles. The summed E-state index contributed by atoms with van der Waals surface area (Å²) in [6.45, 7) is 0.497. The van der Waals surface area contributed by atoms with Gasteiger partial charge in [0.05, 0.1) is 6.61 Å². The molecule has 2 nitrogen and oxygen atoms in total. The molecule has 0 aliphatic heterocycles. The maximum atomic E-state index is 13.4. The standard InChI is InChI=1S/C16H15FO2/c17-16-9-2-1-6-14(16)7-4-10-19-15-8-3-5-13(11-15)12-18/h1-3,5-6,8-9,11-12H,4,7,10H2. The highest BCUT2D eigenvalue weighted by Crippen LogP contribution is 2.13. The van der Waals surface area contributed by atoms with Gasteiger partial charge < -0.3 is 4.74 Å². The molecule has 0 aromatic heterocycles. The first-order chi connectivity index (χ1) is 9.29.